The lowest BCUT2D eigenvalue weighted by molar-refractivity contribution is -0.384. The zero-order valence-electron chi connectivity index (χ0n) is 13.1. The molecule has 0 aliphatic heterocycles. The van der Waals surface area contributed by atoms with Gasteiger partial charge < -0.3 is 4.74 Å². The number of nitro benzene ring substituents is 1. The third kappa shape index (κ3) is 5.76. The minimum atomic E-state index is -0.471. The van der Waals surface area contributed by atoms with Gasteiger partial charge in [0.25, 0.3) is 11.6 Å². The Balaban J connectivity index is 1.85. The van der Waals surface area contributed by atoms with Gasteiger partial charge in [-0.25, -0.2) is 5.43 Å². The van der Waals surface area contributed by atoms with Crippen LogP contribution in [0.3, 0.4) is 0 Å². The van der Waals surface area contributed by atoms with E-state index < -0.39 is 10.8 Å². The van der Waals surface area contributed by atoms with Gasteiger partial charge >= 0.3 is 0 Å². The first-order valence-electron chi connectivity index (χ1n) is 7.23. The highest BCUT2D eigenvalue weighted by Gasteiger charge is 2.04. The van der Waals surface area contributed by atoms with Gasteiger partial charge in [-0.1, -0.05) is 0 Å². The van der Waals surface area contributed by atoms with Crippen molar-refractivity contribution in [2.24, 2.45) is 5.10 Å². The Labute approximate surface area is 143 Å². The molecule has 1 amide bonds. The van der Waals surface area contributed by atoms with E-state index in [1.807, 2.05) is 0 Å². The van der Waals surface area contributed by atoms with E-state index in [9.17, 15) is 14.9 Å². The van der Waals surface area contributed by atoms with Gasteiger partial charge in [0.2, 0.25) is 0 Å². The first-order valence-corrected chi connectivity index (χ1v) is 7.23. The zero-order valence-corrected chi connectivity index (χ0v) is 13.1. The van der Waals surface area contributed by atoms with Gasteiger partial charge in [0.15, 0.2) is 0 Å². The number of rotatable bonds is 7. The fraction of sp³-hybridized carbons (Fsp3) is 0.118. The molecule has 2 aromatic rings. The maximum atomic E-state index is 11.1. The Morgan fingerprint density at radius 3 is 2.52 bits per heavy atom. The number of nitriles is 1. The van der Waals surface area contributed by atoms with E-state index in [1.54, 1.807) is 42.5 Å². The SMILES string of the molecule is N#CCC(=O)N/N=C/c1ccc(OCc2ccc([N+](=O)[O-])cc2)cc1. The molecule has 0 spiro atoms. The number of benzene rings is 2. The van der Waals surface area contributed by atoms with E-state index in [0.29, 0.717) is 5.75 Å². The van der Waals surface area contributed by atoms with Crippen molar-refractivity contribution < 1.29 is 14.5 Å². The fourth-order valence-corrected chi connectivity index (χ4v) is 1.82. The Bertz CT molecular complexity index is 808. The van der Waals surface area contributed by atoms with E-state index in [-0.39, 0.29) is 18.7 Å². The summed E-state index contributed by atoms with van der Waals surface area (Å²) < 4.78 is 5.60. The number of hydrogen-bond acceptors (Lipinski definition) is 6. The van der Waals surface area contributed by atoms with Crippen molar-refractivity contribution in [3.05, 3.63) is 69.8 Å². The van der Waals surface area contributed by atoms with Crippen LogP contribution in [0.4, 0.5) is 5.69 Å². The van der Waals surface area contributed by atoms with Crippen LogP contribution < -0.4 is 10.2 Å². The van der Waals surface area contributed by atoms with Crippen molar-refractivity contribution in [3.8, 4) is 11.8 Å². The molecule has 8 nitrogen and oxygen atoms in total. The number of nitrogens with one attached hydrogen (secondary N) is 1. The number of non-ortho nitro benzene ring substituents is 1. The van der Waals surface area contributed by atoms with Gasteiger partial charge in [0.1, 0.15) is 18.8 Å². The van der Waals surface area contributed by atoms with Crippen LogP contribution in [0.1, 0.15) is 17.5 Å². The number of hydrogen-bond donors (Lipinski definition) is 1. The summed E-state index contributed by atoms with van der Waals surface area (Å²) in [5, 5.41) is 22.7. The van der Waals surface area contributed by atoms with Gasteiger partial charge in [-0.3, -0.25) is 14.9 Å². The molecular formula is C17H14N4O4. The average molecular weight is 338 g/mol. The highest BCUT2D eigenvalue weighted by molar-refractivity contribution is 5.83. The second kappa shape index (κ2) is 8.79. The van der Waals surface area contributed by atoms with Gasteiger partial charge in [0.05, 0.1) is 17.2 Å². The largest absolute Gasteiger partial charge is 0.489 e. The third-order valence-electron chi connectivity index (χ3n) is 3.08. The topological polar surface area (TPSA) is 118 Å². The van der Waals surface area contributed by atoms with Crippen LogP contribution >= 0.6 is 0 Å². The molecule has 0 heterocycles. The molecule has 0 saturated heterocycles. The average Bonchev–Trinajstić information content (AvgIpc) is 2.61. The molecule has 2 rings (SSSR count). The number of nitro groups is 1. The van der Waals surface area contributed by atoms with Crippen LogP contribution in [0.15, 0.2) is 53.6 Å². The van der Waals surface area contributed by atoms with E-state index in [4.69, 9.17) is 10.00 Å². The van der Waals surface area contributed by atoms with Crippen molar-refractivity contribution in [1.82, 2.24) is 5.43 Å². The van der Waals surface area contributed by atoms with Crippen LogP contribution in [-0.4, -0.2) is 17.0 Å². The molecule has 8 heteroatoms. The molecule has 0 radical (unpaired) electrons. The van der Waals surface area contributed by atoms with Gasteiger partial charge in [-0.05, 0) is 47.5 Å². The quantitative estimate of drug-likeness (QED) is 0.473. The van der Waals surface area contributed by atoms with Crippen molar-refractivity contribution in [2.45, 2.75) is 13.0 Å². The van der Waals surface area contributed by atoms with Crippen molar-refractivity contribution in [2.75, 3.05) is 0 Å². The highest BCUT2D eigenvalue weighted by Crippen LogP contribution is 2.16. The monoisotopic (exact) mass is 338 g/mol. The number of hydrazone groups is 1. The second-order valence-corrected chi connectivity index (χ2v) is 4.91. The highest BCUT2D eigenvalue weighted by atomic mass is 16.6. The normalized spacial score (nSPS) is 10.2. The summed E-state index contributed by atoms with van der Waals surface area (Å²) in [6, 6.07) is 14.9. The Morgan fingerprint density at radius 2 is 1.92 bits per heavy atom. The number of nitrogens with zero attached hydrogens (tertiary/aromatic N) is 3. The molecule has 0 atom stereocenters. The molecule has 0 aliphatic rings. The van der Waals surface area contributed by atoms with Crippen LogP contribution in [0.5, 0.6) is 5.75 Å². The molecule has 0 bridgehead atoms. The molecular weight excluding hydrogens is 324 g/mol. The standard InChI is InChI=1S/C17H14N4O4/c18-10-9-17(22)20-19-11-13-3-7-16(8-4-13)25-12-14-1-5-15(6-2-14)21(23)24/h1-8,11H,9,12H2,(H,20,22)/b19-11+. The lowest BCUT2D eigenvalue weighted by atomic mass is 10.2. The van der Waals surface area contributed by atoms with Gasteiger partial charge in [0, 0.05) is 12.1 Å². The molecule has 0 aromatic heterocycles. The van der Waals surface area contributed by atoms with Crippen LogP contribution in [0, 0.1) is 21.4 Å². The third-order valence-corrected chi connectivity index (χ3v) is 3.08. The number of amides is 1. The fourth-order valence-electron chi connectivity index (χ4n) is 1.82. The Kier molecular flexibility index (Phi) is 6.19. The molecule has 1 N–H and O–H groups in total. The molecule has 0 unspecified atom stereocenters. The second-order valence-electron chi connectivity index (χ2n) is 4.91. The van der Waals surface area contributed by atoms with E-state index >= 15 is 0 Å². The summed E-state index contributed by atoms with van der Waals surface area (Å²) in [5.74, 6) is 0.158. The van der Waals surface area contributed by atoms with Crippen LogP contribution in [0.25, 0.3) is 0 Å². The minimum absolute atomic E-state index is 0.0363. The van der Waals surface area contributed by atoms with E-state index in [1.165, 1.54) is 18.3 Å². The van der Waals surface area contributed by atoms with E-state index in [2.05, 4.69) is 10.5 Å². The van der Waals surface area contributed by atoms with Crippen molar-refractivity contribution in [3.63, 3.8) is 0 Å². The smallest absolute Gasteiger partial charge is 0.269 e. The zero-order chi connectivity index (χ0) is 18.1. The minimum Gasteiger partial charge on any atom is -0.489 e. The first-order chi connectivity index (χ1) is 12.1. The predicted octanol–water partition coefficient (Wildman–Crippen LogP) is 2.54. The molecule has 126 valence electrons. The number of ether oxygens (including phenoxy) is 1. The van der Waals surface area contributed by atoms with Crippen molar-refractivity contribution in [1.29, 1.82) is 5.26 Å². The first kappa shape index (κ1) is 17.6. The summed E-state index contributed by atoms with van der Waals surface area (Å²) in [6.07, 6.45) is 1.21. The maximum Gasteiger partial charge on any atom is 0.269 e. The molecule has 2 aromatic carbocycles. The molecule has 0 aliphatic carbocycles. The van der Waals surface area contributed by atoms with Crippen LogP contribution in [-0.2, 0) is 11.4 Å². The maximum absolute atomic E-state index is 11.1. The lowest BCUT2D eigenvalue weighted by Crippen LogP contribution is -2.16. The van der Waals surface area contributed by atoms with E-state index in [0.717, 1.165) is 11.1 Å². The molecule has 0 fully saturated rings. The summed E-state index contributed by atoms with van der Waals surface area (Å²) in [6.45, 7) is 0.287. The van der Waals surface area contributed by atoms with Crippen molar-refractivity contribution >= 4 is 17.8 Å². The Hall–Kier alpha value is -3.73. The summed E-state index contributed by atoms with van der Waals surface area (Å²) >= 11 is 0. The molecule has 25 heavy (non-hydrogen) atoms. The predicted molar refractivity (Wildman–Crippen MR) is 89.8 cm³/mol. The molecule has 0 saturated carbocycles. The van der Waals surface area contributed by atoms with Gasteiger partial charge in [-0.15, -0.1) is 0 Å². The Morgan fingerprint density at radius 1 is 1.24 bits per heavy atom. The lowest BCUT2D eigenvalue weighted by Gasteiger charge is -2.06. The summed E-state index contributed by atoms with van der Waals surface area (Å²) in [4.78, 5) is 21.2. The van der Waals surface area contributed by atoms with Crippen LogP contribution in [0.2, 0.25) is 0 Å². The number of carbonyl (C=O) groups excluding carboxylic acids is 1. The van der Waals surface area contributed by atoms with Gasteiger partial charge in [-0.2, -0.15) is 10.4 Å². The number of carbonyl (C=O) groups is 1. The summed E-state index contributed by atoms with van der Waals surface area (Å²) in [7, 11) is 0. The summed E-state index contributed by atoms with van der Waals surface area (Å²) in [5.41, 5.74) is 3.84.